The van der Waals surface area contributed by atoms with Crippen molar-refractivity contribution in [2.75, 3.05) is 28.6 Å². The number of nitrogens with one attached hydrogen (secondary N) is 3. The Morgan fingerprint density at radius 3 is 2.47 bits per heavy atom. The molecule has 0 aliphatic carbocycles. The van der Waals surface area contributed by atoms with Gasteiger partial charge in [-0.05, 0) is 58.7 Å². The molecule has 0 aliphatic heterocycles. The molecule has 2 amide bonds. The normalized spacial score (nSPS) is 10.6. The van der Waals surface area contributed by atoms with Crippen molar-refractivity contribution in [2.45, 2.75) is 20.8 Å². The van der Waals surface area contributed by atoms with E-state index in [0.29, 0.717) is 29.7 Å². The van der Waals surface area contributed by atoms with Crippen LogP contribution >= 0.6 is 0 Å². The van der Waals surface area contributed by atoms with E-state index in [1.54, 1.807) is 0 Å². The number of nitrogens with zero attached hydrogens (tertiary/aromatic N) is 4. The zero-order valence-electron chi connectivity index (χ0n) is 20.6. The van der Waals surface area contributed by atoms with E-state index in [4.69, 9.17) is 6.42 Å². The Labute approximate surface area is 211 Å². The highest BCUT2D eigenvalue weighted by molar-refractivity contribution is 6.02. The fourth-order valence-electron chi connectivity index (χ4n) is 4.01. The van der Waals surface area contributed by atoms with Gasteiger partial charge in [-0.1, -0.05) is 67.8 Å². The number of benzene rings is 3. The summed E-state index contributed by atoms with van der Waals surface area (Å²) in [6.45, 7) is 7.45. The van der Waals surface area contributed by atoms with Gasteiger partial charge in [0.05, 0.1) is 17.9 Å². The maximum absolute atomic E-state index is 13.0. The number of hydrogen-bond acceptors (Lipinski definition) is 5. The number of aromatic nitrogens is 4. The van der Waals surface area contributed by atoms with Crippen molar-refractivity contribution < 1.29 is 4.79 Å². The number of rotatable bonds is 8. The first-order valence-electron chi connectivity index (χ1n) is 11.7. The van der Waals surface area contributed by atoms with E-state index in [9.17, 15) is 4.79 Å². The zero-order chi connectivity index (χ0) is 25.5. The molecule has 0 spiro atoms. The second kappa shape index (κ2) is 11.2. The van der Waals surface area contributed by atoms with Crippen LogP contribution in [0.1, 0.15) is 19.4 Å². The van der Waals surface area contributed by atoms with Gasteiger partial charge in [-0.25, -0.2) is 9.89 Å². The molecule has 0 radical (unpaired) electrons. The molecule has 0 unspecified atom stereocenters. The summed E-state index contributed by atoms with van der Waals surface area (Å²) in [7, 11) is 0. The van der Waals surface area contributed by atoms with Crippen molar-refractivity contribution >= 4 is 23.1 Å². The molecule has 8 heteroatoms. The van der Waals surface area contributed by atoms with Gasteiger partial charge in [0.15, 0.2) is 5.82 Å². The van der Waals surface area contributed by atoms with E-state index in [-0.39, 0.29) is 6.03 Å². The Morgan fingerprint density at radius 1 is 1.06 bits per heavy atom. The van der Waals surface area contributed by atoms with Gasteiger partial charge in [0.25, 0.3) is 0 Å². The number of carbonyl (C=O) groups excluding carboxylic acids is 1. The molecule has 0 saturated carbocycles. The molecule has 0 saturated heterocycles. The zero-order valence-corrected chi connectivity index (χ0v) is 20.6. The van der Waals surface area contributed by atoms with E-state index < -0.39 is 0 Å². The number of H-pyrrole nitrogens is 1. The standard InChI is InChI=1S/C28H29N7O/c1-5-16-35(18-19(2)3)26-15-12-21(23-8-6-7-9-24(23)27-31-33-34-32-27)17-25(26)30-28(36)29-22-13-10-20(4)11-14-22/h1,6-15,17,19H,16,18H2,2-4H3,(H2,29,30,36)(H,31,32,33,34). The molecule has 182 valence electrons. The van der Waals surface area contributed by atoms with Crippen molar-refractivity contribution in [1.29, 1.82) is 0 Å². The summed E-state index contributed by atoms with van der Waals surface area (Å²) in [6, 6.07) is 21.1. The Morgan fingerprint density at radius 2 is 1.81 bits per heavy atom. The summed E-state index contributed by atoms with van der Waals surface area (Å²) in [5.74, 6) is 3.69. The molecule has 4 aromatic rings. The molecule has 0 aliphatic rings. The molecule has 0 atom stereocenters. The van der Waals surface area contributed by atoms with Crippen LogP contribution in [0.25, 0.3) is 22.5 Å². The number of amides is 2. The third-order valence-electron chi connectivity index (χ3n) is 5.60. The highest BCUT2D eigenvalue weighted by Gasteiger charge is 2.17. The number of urea groups is 1. The molecule has 1 aromatic heterocycles. The molecule has 3 aromatic carbocycles. The number of carbonyl (C=O) groups is 1. The second-order valence-corrected chi connectivity index (χ2v) is 8.95. The van der Waals surface area contributed by atoms with Crippen LogP contribution in [0.5, 0.6) is 0 Å². The fourth-order valence-corrected chi connectivity index (χ4v) is 4.01. The quantitative estimate of drug-likeness (QED) is 0.287. The largest absolute Gasteiger partial charge is 0.358 e. The predicted octanol–water partition coefficient (Wildman–Crippen LogP) is 5.58. The molecule has 0 bridgehead atoms. The van der Waals surface area contributed by atoms with Gasteiger partial charge in [0.1, 0.15) is 0 Å². The number of tetrazole rings is 1. The molecule has 1 heterocycles. The van der Waals surface area contributed by atoms with Gasteiger partial charge >= 0.3 is 6.03 Å². The van der Waals surface area contributed by atoms with E-state index in [2.05, 4.69) is 55.9 Å². The Hall–Kier alpha value is -4.64. The average Bonchev–Trinajstić information content (AvgIpc) is 3.40. The van der Waals surface area contributed by atoms with Crippen LogP contribution in [0.4, 0.5) is 21.9 Å². The smallest absolute Gasteiger partial charge is 0.323 e. The van der Waals surface area contributed by atoms with E-state index in [1.165, 1.54) is 0 Å². The van der Waals surface area contributed by atoms with E-state index >= 15 is 0 Å². The van der Waals surface area contributed by atoms with Gasteiger partial charge in [0, 0.05) is 17.8 Å². The maximum atomic E-state index is 13.0. The Kier molecular flexibility index (Phi) is 7.61. The van der Waals surface area contributed by atoms with Gasteiger partial charge < -0.3 is 15.5 Å². The topological polar surface area (TPSA) is 98.8 Å². The highest BCUT2D eigenvalue weighted by atomic mass is 16.2. The monoisotopic (exact) mass is 479 g/mol. The van der Waals surface area contributed by atoms with Gasteiger partial charge in [0.2, 0.25) is 0 Å². The molecule has 3 N–H and O–H groups in total. The summed E-state index contributed by atoms with van der Waals surface area (Å²) in [4.78, 5) is 15.1. The minimum atomic E-state index is -0.338. The molecule has 8 nitrogen and oxygen atoms in total. The first-order valence-corrected chi connectivity index (χ1v) is 11.7. The maximum Gasteiger partial charge on any atom is 0.323 e. The van der Waals surface area contributed by atoms with Crippen molar-refractivity contribution in [3.63, 3.8) is 0 Å². The molecular formula is C28H29N7O. The lowest BCUT2D eigenvalue weighted by atomic mass is 9.98. The Bertz CT molecular complexity index is 1360. The number of aromatic amines is 1. The van der Waals surface area contributed by atoms with Gasteiger partial charge in [-0.2, -0.15) is 0 Å². The van der Waals surface area contributed by atoms with Crippen LogP contribution in [-0.2, 0) is 0 Å². The van der Waals surface area contributed by atoms with Gasteiger partial charge in [-0.3, -0.25) is 0 Å². The predicted molar refractivity (Wildman–Crippen MR) is 145 cm³/mol. The van der Waals surface area contributed by atoms with Gasteiger partial charge in [-0.15, -0.1) is 11.5 Å². The van der Waals surface area contributed by atoms with Crippen LogP contribution in [0, 0.1) is 25.2 Å². The molecular weight excluding hydrogens is 450 g/mol. The van der Waals surface area contributed by atoms with Crippen molar-refractivity contribution in [3.8, 4) is 34.9 Å². The molecule has 0 fully saturated rings. The molecule has 36 heavy (non-hydrogen) atoms. The summed E-state index contributed by atoms with van der Waals surface area (Å²) < 4.78 is 0. The first-order chi connectivity index (χ1) is 17.4. The van der Waals surface area contributed by atoms with Crippen LogP contribution in [0.2, 0.25) is 0 Å². The second-order valence-electron chi connectivity index (χ2n) is 8.95. The number of anilines is 3. The lowest BCUT2D eigenvalue weighted by Gasteiger charge is -2.27. The summed E-state index contributed by atoms with van der Waals surface area (Å²) in [6.07, 6.45) is 5.69. The first kappa shape index (κ1) is 24.5. The lowest BCUT2D eigenvalue weighted by Crippen LogP contribution is -2.29. The third-order valence-corrected chi connectivity index (χ3v) is 5.60. The Balaban J connectivity index is 1.73. The minimum absolute atomic E-state index is 0.338. The van der Waals surface area contributed by atoms with E-state index in [1.807, 2.05) is 73.7 Å². The third kappa shape index (κ3) is 5.88. The minimum Gasteiger partial charge on any atom is -0.358 e. The van der Waals surface area contributed by atoms with Crippen molar-refractivity contribution in [1.82, 2.24) is 20.6 Å². The SMILES string of the molecule is C#CCN(CC(C)C)c1ccc(-c2ccccc2-c2nnn[nH]2)cc1NC(=O)Nc1ccc(C)cc1. The van der Waals surface area contributed by atoms with Crippen LogP contribution < -0.4 is 15.5 Å². The van der Waals surface area contributed by atoms with Crippen LogP contribution in [-0.4, -0.2) is 39.7 Å². The summed E-state index contributed by atoms with van der Waals surface area (Å²) >= 11 is 0. The van der Waals surface area contributed by atoms with Crippen LogP contribution in [0.3, 0.4) is 0 Å². The number of hydrogen-bond donors (Lipinski definition) is 3. The lowest BCUT2D eigenvalue weighted by molar-refractivity contribution is 0.262. The summed E-state index contributed by atoms with van der Waals surface area (Å²) in [5, 5.41) is 20.3. The average molecular weight is 480 g/mol. The number of terminal acetylenes is 1. The van der Waals surface area contributed by atoms with E-state index in [0.717, 1.165) is 34.5 Å². The fraction of sp³-hybridized carbons (Fsp3) is 0.214. The van der Waals surface area contributed by atoms with Crippen LogP contribution in [0.15, 0.2) is 66.7 Å². The van der Waals surface area contributed by atoms with Crippen molar-refractivity contribution in [2.24, 2.45) is 5.92 Å². The molecule has 4 rings (SSSR count). The number of aryl methyl sites for hydroxylation is 1. The summed E-state index contributed by atoms with van der Waals surface area (Å²) in [5.41, 5.74) is 6.02. The van der Waals surface area contributed by atoms with Crippen molar-refractivity contribution in [3.05, 3.63) is 72.3 Å². The highest BCUT2D eigenvalue weighted by Crippen LogP contribution is 2.36.